The smallest absolute Gasteiger partial charge is 0.323 e. The van der Waals surface area contributed by atoms with Gasteiger partial charge >= 0.3 is 6.18 Å². The maximum Gasteiger partial charge on any atom is 0.436 e. The van der Waals surface area contributed by atoms with Gasteiger partial charge in [-0.05, 0) is 13.0 Å². The average molecular weight is 388 g/mol. The first-order chi connectivity index (χ1) is 12.0. The second kappa shape index (κ2) is 7.01. The number of benzene rings is 1. The maximum absolute atomic E-state index is 12.8. The minimum atomic E-state index is -4.77. The summed E-state index contributed by atoms with van der Waals surface area (Å²) in [5.74, 6) is -0.786. The molecule has 2 rings (SSSR count). The number of anilines is 1. The monoisotopic (exact) mass is 387 g/mol. The number of hydrogen-bond donors (Lipinski definition) is 1. The fourth-order valence-corrected chi connectivity index (χ4v) is 2.27. The lowest BCUT2D eigenvalue weighted by molar-refractivity contribution is -0.384. The molecule has 0 unspecified atom stereocenters. The second-order valence-corrected chi connectivity index (χ2v) is 5.43. The Labute approximate surface area is 148 Å². The van der Waals surface area contributed by atoms with Crippen LogP contribution < -0.4 is 5.32 Å². The molecule has 0 radical (unpaired) electrons. The minimum absolute atomic E-state index is 0.0185. The molecular weight excluding hydrogens is 379 g/mol. The Kier molecular flexibility index (Phi) is 5.17. The molecule has 0 bridgehead atoms. The van der Waals surface area contributed by atoms with Gasteiger partial charge in [0.25, 0.3) is 5.69 Å². The van der Waals surface area contributed by atoms with E-state index in [1.54, 1.807) is 6.07 Å². The van der Waals surface area contributed by atoms with E-state index in [4.69, 9.17) is 16.9 Å². The van der Waals surface area contributed by atoms with Gasteiger partial charge in [0.2, 0.25) is 5.91 Å². The number of carbonyl (C=O) groups excluding carboxylic acids is 1. The lowest BCUT2D eigenvalue weighted by Gasteiger charge is -2.08. The molecule has 0 saturated heterocycles. The molecule has 0 aliphatic rings. The first-order valence-electron chi connectivity index (χ1n) is 6.83. The Hall–Kier alpha value is -3.13. The van der Waals surface area contributed by atoms with E-state index < -0.39 is 34.3 Å². The first-order valence-corrected chi connectivity index (χ1v) is 7.21. The summed E-state index contributed by atoms with van der Waals surface area (Å²) in [6.45, 7) is 0.675. The molecule has 1 aromatic carbocycles. The standard InChI is InChI=1S/C14H9ClF3N5O3/c1-7-12(15)13(14(16,17)18)21-22(7)6-11(24)20-10-3-2-9(23(25)26)4-8(10)5-19/h2-4H,6H2,1H3,(H,20,24). The molecule has 0 spiro atoms. The summed E-state index contributed by atoms with van der Waals surface area (Å²) in [5.41, 5.74) is -1.89. The molecule has 1 N–H and O–H groups in total. The molecular formula is C14H9ClF3N5O3. The summed E-state index contributed by atoms with van der Waals surface area (Å²) in [6.07, 6.45) is -4.77. The van der Waals surface area contributed by atoms with Crippen molar-refractivity contribution in [1.29, 1.82) is 5.26 Å². The van der Waals surface area contributed by atoms with Crippen molar-refractivity contribution in [3.63, 3.8) is 0 Å². The summed E-state index contributed by atoms with van der Waals surface area (Å²) in [6, 6.07) is 4.89. The highest BCUT2D eigenvalue weighted by molar-refractivity contribution is 6.32. The van der Waals surface area contributed by atoms with Crippen molar-refractivity contribution in [2.45, 2.75) is 19.6 Å². The Morgan fingerprint density at radius 3 is 2.65 bits per heavy atom. The SMILES string of the molecule is Cc1c(Cl)c(C(F)(F)F)nn1CC(=O)Nc1ccc([N+](=O)[O-])cc1C#N. The second-order valence-electron chi connectivity index (χ2n) is 5.05. The zero-order valence-electron chi connectivity index (χ0n) is 13.0. The van der Waals surface area contributed by atoms with E-state index in [1.807, 2.05) is 0 Å². The fourth-order valence-electron chi connectivity index (χ4n) is 2.03. The van der Waals surface area contributed by atoms with Gasteiger partial charge in [-0.2, -0.15) is 23.5 Å². The predicted octanol–water partition coefficient (Wildman–Crippen LogP) is 3.28. The predicted molar refractivity (Wildman–Crippen MR) is 83.4 cm³/mol. The van der Waals surface area contributed by atoms with Gasteiger partial charge in [-0.15, -0.1) is 0 Å². The molecule has 0 aliphatic carbocycles. The van der Waals surface area contributed by atoms with Crippen LogP contribution in [0.5, 0.6) is 0 Å². The highest BCUT2D eigenvalue weighted by Crippen LogP contribution is 2.35. The van der Waals surface area contributed by atoms with Crippen LogP contribution in [0.4, 0.5) is 24.5 Å². The third kappa shape index (κ3) is 3.92. The van der Waals surface area contributed by atoms with Crippen LogP contribution in [0, 0.1) is 28.4 Å². The summed E-state index contributed by atoms with van der Waals surface area (Å²) >= 11 is 5.60. The minimum Gasteiger partial charge on any atom is -0.323 e. The van der Waals surface area contributed by atoms with Crippen molar-refractivity contribution in [2.75, 3.05) is 5.32 Å². The number of halogens is 4. The summed E-state index contributed by atoms with van der Waals surface area (Å²) < 4.78 is 39.1. The van der Waals surface area contributed by atoms with Crippen molar-refractivity contribution >= 4 is 28.9 Å². The van der Waals surface area contributed by atoms with E-state index in [-0.39, 0.29) is 22.6 Å². The zero-order valence-corrected chi connectivity index (χ0v) is 13.7. The van der Waals surface area contributed by atoms with Crippen LogP contribution in [0.25, 0.3) is 0 Å². The molecule has 12 heteroatoms. The molecule has 0 aliphatic heterocycles. The number of nitro benzene ring substituents is 1. The van der Waals surface area contributed by atoms with E-state index in [0.29, 0.717) is 0 Å². The number of nitrogens with zero attached hydrogens (tertiary/aromatic N) is 4. The summed E-state index contributed by atoms with van der Waals surface area (Å²) in [7, 11) is 0. The van der Waals surface area contributed by atoms with Gasteiger partial charge in [-0.25, -0.2) is 0 Å². The molecule has 136 valence electrons. The van der Waals surface area contributed by atoms with E-state index in [2.05, 4.69) is 10.4 Å². The topological polar surface area (TPSA) is 114 Å². The molecule has 26 heavy (non-hydrogen) atoms. The Bertz CT molecular complexity index is 933. The van der Waals surface area contributed by atoms with E-state index in [1.165, 1.54) is 6.92 Å². The first kappa shape index (κ1) is 19.2. The lowest BCUT2D eigenvalue weighted by Crippen LogP contribution is -2.21. The van der Waals surface area contributed by atoms with Gasteiger partial charge in [0.1, 0.15) is 12.6 Å². The van der Waals surface area contributed by atoms with Crippen molar-refractivity contribution in [1.82, 2.24) is 9.78 Å². The van der Waals surface area contributed by atoms with Gasteiger partial charge < -0.3 is 5.32 Å². The maximum atomic E-state index is 12.8. The molecule has 0 saturated carbocycles. The number of aromatic nitrogens is 2. The van der Waals surface area contributed by atoms with E-state index >= 15 is 0 Å². The van der Waals surface area contributed by atoms with Crippen LogP contribution in [0.3, 0.4) is 0 Å². The molecule has 0 fully saturated rings. The van der Waals surface area contributed by atoms with Crippen LogP contribution in [-0.2, 0) is 17.5 Å². The van der Waals surface area contributed by atoms with Crippen molar-refractivity contribution in [3.8, 4) is 6.07 Å². The van der Waals surface area contributed by atoms with Crippen LogP contribution in [-0.4, -0.2) is 20.6 Å². The van der Waals surface area contributed by atoms with Crippen molar-refractivity contribution in [2.24, 2.45) is 0 Å². The highest BCUT2D eigenvalue weighted by Gasteiger charge is 2.38. The Morgan fingerprint density at radius 1 is 1.50 bits per heavy atom. The number of nitriles is 1. The number of hydrogen-bond acceptors (Lipinski definition) is 5. The average Bonchev–Trinajstić information content (AvgIpc) is 2.83. The number of nitrogens with one attached hydrogen (secondary N) is 1. The van der Waals surface area contributed by atoms with Crippen LogP contribution in [0.1, 0.15) is 17.0 Å². The largest absolute Gasteiger partial charge is 0.436 e. The van der Waals surface area contributed by atoms with Gasteiger partial charge in [-0.3, -0.25) is 19.6 Å². The van der Waals surface area contributed by atoms with Gasteiger partial charge in [0.15, 0.2) is 5.69 Å². The van der Waals surface area contributed by atoms with Crippen LogP contribution in [0.2, 0.25) is 5.02 Å². The lowest BCUT2D eigenvalue weighted by atomic mass is 10.1. The molecule has 2 aromatic rings. The quantitative estimate of drug-likeness (QED) is 0.638. The number of nitro groups is 1. The number of rotatable bonds is 4. The normalized spacial score (nSPS) is 11.1. The number of non-ortho nitro benzene ring substituents is 1. The van der Waals surface area contributed by atoms with Gasteiger partial charge in [0, 0.05) is 12.1 Å². The molecule has 0 atom stereocenters. The highest BCUT2D eigenvalue weighted by atomic mass is 35.5. The molecule has 1 heterocycles. The third-order valence-electron chi connectivity index (χ3n) is 3.30. The fraction of sp³-hybridized carbons (Fsp3) is 0.214. The Balaban J connectivity index is 2.23. The van der Waals surface area contributed by atoms with Crippen molar-refractivity contribution < 1.29 is 22.9 Å². The van der Waals surface area contributed by atoms with Crippen LogP contribution in [0.15, 0.2) is 18.2 Å². The van der Waals surface area contributed by atoms with Crippen LogP contribution >= 0.6 is 11.6 Å². The number of alkyl halides is 3. The third-order valence-corrected chi connectivity index (χ3v) is 3.76. The van der Waals surface area contributed by atoms with E-state index in [0.717, 1.165) is 22.9 Å². The summed E-state index contributed by atoms with van der Waals surface area (Å²) in [4.78, 5) is 22.0. The molecule has 1 amide bonds. The zero-order chi connectivity index (χ0) is 19.6. The van der Waals surface area contributed by atoms with Gasteiger partial charge in [0.05, 0.1) is 26.9 Å². The number of carbonyl (C=O) groups is 1. The summed E-state index contributed by atoms with van der Waals surface area (Å²) in [5, 5.41) is 24.7. The molecule has 8 nitrogen and oxygen atoms in total. The van der Waals surface area contributed by atoms with Gasteiger partial charge in [-0.1, -0.05) is 11.6 Å². The van der Waals surface area contributed by atoms with Crippen molar-refractivity contribution in [3.05, 3.63) is 50.3 Å². The van der Waals surface area contributed by atoms with E-state index in [9.17, 15) is 28.1 Å². The molecule has 1 aromatic heterocycles. The number of amides is 1. The Morgan fingerprint density at radius 2 is 2.15 bits per heavy atom.